The maximum absolute atomic E-state index is 14.2. The first-order chi connectivity index (χ1) is 12.6. The van der Waals surface area contributed by atoms with Crippen LogP contribution in [0.3, 0.4) is 0 Å². The van der Waals surface area contributed by atoms with Crippen molar-refractivity contribution in [1.82, 2.24) is 9.13 Å². The first kappa shape index (κ1) is 16.4. The van der Waals surface area contributed by atoms with Crippen LogP contribution < -0.4 is 11.2 Å². The Balaban J connectivity index is 2.04. The number of fused-ring (bicyclic) bond motifs is 1. The zero-order chi connectivity index (χ0) is 18.3. The molecule has 26 heavy (non-hydrogen) atoms. The average molecular weight is 370 g/mol. The van der Waals surface area contributed by atoms with Crippen molar-refractivity contribution in [1.29, 1.82) is 0 Å². The molecule has 0 saturated heterocycles. The maximum Gasteiger partial charge on any atom is 0.336 e. The molecule has 0 saturated carbocycles. The average Bonchev–Trinajstić information content (AvgIpc) is 3.12. The molecule has 0 radical (unpaired) electrons. The van der Waals surface area contributed by atoms with Gasteiger partial charge in [-0.05, 0) is 29.6 Å². The van der Waals surface area contributed by atoms with Crippen LogP contribution in [0.15, 0.2) is 69.6 Å². The lowest BCUT2D eigenvalue weighted by atomic mass is 10.2. The maximum atomic E-state index is 14.2. The third-order valence-corrected chi connectivity index (χ3v) is 5.03. The highest BCUT2D eigenvalue weighted by Crippen LogP contribution is 2.19. The number of benzene rings is 2. The van der Waals surface area contributed by atoms with Gasteiger partial charge in [-0.2, -0.15) is 0 Å². The van der Waals surface area contributed by atoms with Crippen LogP contribution in [-0.4, -0.2) is 9.13 Å². The van der Waals surface area contributed by atoms with Crippen LogP contribution >= 0.6 is 11.3 Å². The Kier molecular flexibility index (Phi) is 4.00. The zero-order valence-corrected chi connectivity index (χ0v) is 14.2. The van der Waals surface area contributed by atoms with Gasteiger partial charge in [0.2, 0.25) is 0 Å². The standard InChI is InChI=1S/C19H12F2N2O2S/c20-13-6-2-1-5-12(13)11-22-16-9-10-26-17(16)18(24)23(19(22)25)15-8-4-3-7-14(15)21/h1-10H,11H2. The molecular weight excluding hydrogens is 358 g/mol. The van der Waals surface area contributed by atoms with Crippen molar-refractivity contribution in [2.24, 2.45) is 0 Å². The molecule has 0 N–H and O–H groups in total. The van der Waals surface area contributed by atoms with Crippen LogP contribution in [0.2, 0.25) is 0 Å². The van der Waals surface area contributed by atoms with E-state index in [0.717, 1.165) is 15.9 Å². The van der Waals surface area contributed by atoms with Crippen molar-refractivity contribution in [2.45, 2.75) is 6.54 Å². The fourth-order valence-electron chi connectivity index (χ4n) is 2.88. The van der Waals surface area contributed by atoms with Gasteiger partial charge in [0, 0.05) is 5.56 Å². The van der Waals surface area contributed by atoms with E-state index in [0.29, 0.717) is 15.8 Å². The second kappa shape index (κ2) is 6.34. The van der Waals surface area contributed by atoms with Crippen molar-refractivity contribution in [3.63, 3.8) is 0 Å². The third kappa shape index (κ3) is 2.57. The smallest absolute Gasteiger partial charge is 0.287 e. The Labute approximate surface area is 150 Å². The Morgan fingerprint density at radius 3 is 2.31 bits per heavy atom. The summed E-state index contributed by atoms with van der Waals surface area (Å²) < 4.78 is 30.7. The minimum atomic E-state index is -0.714. The Bertz CT molecular complexity index is 1240. The highest BCUT2D eigenvalue weighted by Gasteiger charge is 2.18. The topological polar surface area (TPSA) is 44.0 Å². The van der Waals surface area contributed by atoms with Crippen LogP contribution in [0.4, 0.5) is 8.78 Å². The number of nitrogens with zero attached hydrogens (tertiary/aromatic N) is 2. The van der Waals surface area contributed by atoms with Gasteiger partial charge in [0.1, 0.15) is 16.3 Å². The normalized spacial score (nSPS) is 11.2. The lowest BCUT2D eigenvalue weighted by Crippen LogP contribution is -2.39. The molecule has 0 spiro atoms. The second-order valence-corrected chi connectivity index (χ2v) is 6.60. The minimum Gasteiger partial charge on any atom is -0.287 e. The highest BCUT2D eigenvalue weighted by atomic mass is 32.1. The summed E-state index contributed by atoms with van der Waals surface area (Å²) in [5.41, 5.74) is -0.717. The summed E-state index contributed by atoms with van der Waals surface area (Å²) in [5, 5.41) is 1.68. The van der Waals surface area contributed by atoms with Crippen LogP contribution in [0.1, 0.15) is 5.56 Å². The van der Waals surface area contributed by atoms with E-state index < -0.39 is 22.9 Å². The van der Waals surface area contributed by atoms with E-state index >= 15 is 0 Å². The molecule has 0 aliphatic carbocycles. The van der Waals surface area contributed by atoms with Gasteiger partial charge in [-0.3, -0.25) is 9.36 Å². The monoisotopic (exact) mass is 370 g/mol. The number of thiophene rings is 1. The molecule has 4 aromatic rings. The molecule has 0 bridgehead atoms. The van der Waals surface area contributed by atoms with Crippen LogP contribution in [0.25, 0.3) is 15.9 Å². The summed E-state index contributed by atoms with van der Waals surface area (Å²) in [4.78, 5) is 25.8. The predicted octanol–water partition coefficient (Wildman–Crippen LogP) is 3.54. The van der Waals surface area contributed by atoms with Crippen molar-refractivity contribution < 1.29 is 8.78 Å². The molecule has 4 rings (SSSR count). The Hall–Kier alpha value is -3.06. The molecule has 2 aromatic carbocycles. The van der Waals surface area contributed by atoms with Gasteiger partial charge in [0.05, 0.1) is 17.7 Å². The second-order valence-electron chi connectivity index (χ2n) is 5.69. The molecule has 0 atom stereocenters. The van der Waals surface area contributed by atoms with Crippen molar-refractivity contribution in [3.8, 4) is 5.69 Å². The van der Waals surface area contributed by atoms with Crippen LogP contribution in [-0.2, 0) is 6.54 Å². The molecule has 0 amide bonds. The van der Waals surface area contributed by atoms with Crippen molar-refractivity contribution in [3.05, 3.63) is 98.0 Å². The molecule has 0 aliphatic heterocycles. The highest BCUT2D eigenvalue weighted by molar-refractivity contribution is 7.17. The summed E-state index contributed by atoms with van der Waals surface area (Å²) in [6, 6.07) is 13.3. The van der Waals surface area contributed by atoms with E-state index in [2.05, 4.69) is 0 Å². The molecule has 0 fully saturated rings. The Morgan fingerprint density at radius 1 is 0.885 bits per heavy atom. The number of rotatable bonds is 3. The van der Waals surface area contributed by atoms with Gasteiger partial charge in [0.15, 0.2) is 0 Å². The lowest BCUT2D eigenvalue weighted by Gasteiger charge is -2.13. The first-order valence-corrected chi connectivity index (χ1v) is 8.67. The van der Waals surface area contributed by atoms with Gasteiger partial charge < -0.3 is 0 Å². The molecule has 2 aromatic heterocycles. The molecule has 130 valence electrons. The van der Waals surface area contributed by atoms with Crippen molar-refractivity contribution in [2.75, 3.05) is 0 Å². The zero-order valence-electron chi connectivity index (χ0n) is 13.4. The minimum absolute atomic E-state index is 0.0620. The van der Waals surface area contributed by atoms with Gasteiger partial charge in [-0.25, -0.2) is 18.1 Å². The predicted molar refractivity (Wildman–Crippen MR) is 97.1 cm³/mol. The number of aromatic nitrogens is 2. The van der Waals surface area contributed by atoms with Gasteiger partial charge in [0.25, 0.3) is 5.56 Å². The number of halogens is 2. The van der Waals surface area contributed by atoms with E-state index in [1.807, 2.05) is 0 Å². The summed E-state index contributed by atoms with van der Waals surface area (Å²) in [6.45, 7) is -0.0620. The number of hydrogen-bond donors (Lipinski definition) is 0. The molecule has 2 heterocycles. The third-order valence-electron chi connectivity index (χ3n) is 4.13. The first-order valence-electron chi connectivity index (χ1n) is 7.79. The number of hydrogen-bond acceptors (Lipinski definition) is 3. The molecule has 4 nitrogen and oxygen atoms in total. The van der Waals surface area contributed by atoms with E-state index in [-0.39, 0.29) is 12.2 Å². The fraction of sp³-hybridized carbons (Fsp3) is 0.0526. The summed E-state index contributed by atoms with van der Waals surface area (Å²) in [6.07, 6.45) is 0. The lowest BCUT2D eigenvalue weighted by molar-refractivity contribution is 0.588. The molecule has 7 heteroatoms. The fourth-order valence-corrected chi connectivity index (χ4v) is 3.71. The summed E-state index contributed by atoms with van der Waals surface area (Å²) in [7, 11) is 0. The molecule has 0 aliphatic rings. The van der Waals surface area contributed by atoms with Crippen molar-refractivity contribution >= 4 is 21.6 Å². The summed E-state index contributed by atoms with van der Waals surface area (Å²) in [5.74, 6) is -1.13. The van der Waals surface area contributed by atoms with E-state index in [1.54, 1.807) is 35.7 Å². The quantitative estimate of drug-likeness (QED) is 0.554. The van der Waals surface area contributed by atoms with Gasteiger partial charge in [-0.1, -0.05) is 30.3 Å². The van der Waals surface area contributed by atoms with E-state index in [9.17, 15) is 18.4 Å². The van der Waals surface area contributed by atoms with Crippen LogP contribution in [0, 0.1) is 11.6 Å². The number of para-hydroxylation sites is 1. The SMILES string of the molecule is O=c1c2sccc2n(Cc2ccccc2F)c(=O)n1-c1ccccc1F. The van der Waals surface area contributed by atoms with Crippen LogP contribution in [0.5, 0.6) is 0 Å². The Morgan fingerprint density at radius 2 is 1.58 bits per heavy atom. The van der Waals surface area contributed by atoms with Gasteiger partial charge in [-0.15, -0.1) is 11.3 Å². The molecule has 0 unspecified atom stereocenters. The summed E-state index contributed by atoms with van der Waals surface area (Å²) >= 11 is 1.16. The van der Waals surface area contributed by atoms with Gasteiger partial charge >= 0.3 is 5.69 Å². The largest absolute Gasteiger partial charge is 0.336 e. The molecular formula is C19H12F2N2O2S. The van der Waals surface area contributed by atoms with E-state index in [1.165, 1.54) is 28.8 Å². The van der Waals surface area contributed by atoms with E-state index in [4.69, 9.17) is 0 Å².